The van der Waals surface area contributed by atoms with Gasteiger partial charge in [-0.25, -0.2) is 36.4 Å². The average Bonchev–Trinajstić information content (AvgIpc) is 3.30. The molecule has 0 radical (unpaired) electrons. The van der Waals surface area contributed by atoms with Crippen LogP contribution in [0.15, 0.2) is 114 Å². The predicted molar refractivity (Wildman–Crippen MR) is 276 cm³/mol. The molecule has 0 unspecified atom stereocenters. The lowest BCUT2D eigenvalue weighted by Gasteiger charge is -2.16. The summed E-state index contributed by atoms with van der Waals surface area (Å²) in [6.45, 7) is 6.19. The normalized spacial score (nSPS) is 11.2. The van der Waals surface area contributed by atoms with Gasteiger partial charge in [-0.2, -0.15) is 26.3 Å². The molecule has 6 rings (SSSR count). The van der Waals surface area contributed by atoms with Crippen molar-refractivity contribution in [2.24, 2.45) is 0 Å². The molecule has 0 aliphatic rings. The summed E-state index contributed by atoms with van der Waals surface area (Å²) < 4.78 is 146. The molecule has 29 heteroatoms. The number of aromatic nitrogens is 2. The molecule has 6 N–H and O–H groups in total. The number of halogens is 10. The number of rotatable bonds is 14. The lowest BCUT2D eigenvalue weighted by atomic mass is 10.0. The van der Waals surface area contributed by atoms with Gasteiger partial charge in [0.2, 0.25) is 11.6 Å². The maximum absolute atomic E-state index is 13.5. The number of ether oxygens (including phenoxy) is 2. The van der Waals surface area contributed by atoms with Gasteiger partial charge in [0, 0.05) is 29.8 Å². The second-order valence-corrected chi connectivity index (χ2v) is 20.1. The van der Waals surface area contributed by atoms with E-state index < -0.39 is 92.3 Å². The Morgan fingerprint density at radius 3 is 1.43 bits per heavy atom. The molecule has 6 aromatic rings. The van der Waals surface area contributed by atoms with Gasteiger partial charge >= 0.3 is 18.4 Å². The van der Waals surface area contributed by atoms with E-state index in [2.05, 4.69) is 36.6 Å². The summed E-state index contributed by atoms with van der Waals surface area (Å²) in [5.74, 6) is -0.123. The maximum atomic E-state index is 13.5. The predicted octanol–water partition coefficient (Wildman–Crippen LogP) is 11.6. The fourth-order valence-electron chi connectivity index (χ4n) is 6.13. The second kappa shape index (κ2) is 26.1. The molecule has 17 nitrogen and oxygen atoms in total. The Morgan fingerprint density at radius 1 is 0.658 bits per heavy atom. The van der Waals surface area contributed by atoms with E-state index in [9.17, 15) is 57.6 Å². The number of carbonyl (C=O) groups excluding carboxylic acids is 4. The first kappa shape index (κ1) is 63.2. The molecule has 2 aromatic heterocycles. The molecular formula is C47H41Cl4F6N7O10S2. The summed E-state index contributed by atoms with van der Waals surface area (Å²) in [7, 11) is -6.67. The lowest BCUT2D eigenvalue weighted by Crippen LogP contribution is -2.34. The highest BCUT2D eigenvalue weighted by molar-refractivity contribution is 7.93. The van der Waals surface area contributed by atoms with Crippen LogP contribution in [0.5, 0.6) is 11.5 Å². The van der Waals surface area contributed by atoms with Gasteiger partial charge < -0.3 is 25.8 Å². The van der Waals surface area contributed by atoms with Gasteiger partial charge in [0.15, 0.2) is 0 Å². The van der Waals surface area contributed by atoms with Gasteiger partial charge in [-0.05, 0) is 105 Å². The molecule has 0 fully saturated rings. The molecule has 76 heavy (non-hydrogen) atoms. The monoisotopic (exact) mass is 1180 g/mol. The molecule has 0 atom stereocenters. The highest BCUT2D eigenvalue weighted by Gasteiger charge is 2.36. The highest BCUT2D eigenvalue weighted by atomic mass is 35.5. The molecule has 2 amide bonds. The summed E-state index contributed by atoms with van der Waals surface area (Å²) in [6.07, 6.45) is -7.61. The zero-order chi connectivity index (χ0) is 56.4. The molecule has 406 valence electrons. The number of anilines is 4. The fraction of sp³-hybridized carbons (Fsp3) is 0.170. The van der Waals surface area contributed by atoms with Crippen LogP contribution in [-0.4, -0.2) is 70.6 Å². The molecule has 0 saturated carbocycles. The van der Waals surface area contributed by atoms with Crippen LogP contribution in [0.25, 0.3) is 0 Å². The maximum Gasteiger partial charge on any atom is 0.417 e. The number of methoxy groups -OCH3 is 2. The van der Waals surface area contributed by atoms with Crippen molar-refractivity contribution < 1.29 is 71.8 Å². The number of amides is 2. The van der Waals surface area contributed by atoms with Crippen molar-refractivity contribution in [3.63, 3.8) is 0 Å². The standard InChI is InChI=1S/C24H21Cl2F3N4O5S.C20H14Cl2F3N3O4S.C2H2O.CH4/c1-12(2)31-23(35)32-14-4-7-20(38-3)16(9-14)22(34)21-19(8-13(25)11-30-21)33-39(36,37)15-5-6-18(26)17(10-15)24(27,28)29;1-32-17-5-2-11(26)7-13(17)19(29)18-16(6-10(21)9-27-18)28-33(30,31)12-3-4-15(22)14(8-12)20(23,24)25;1-2-3;/h4-12,33H,1-3H3,(H2,31,32,35);2-9,28H,26H2,1H3;1H2;1H4. The Bertz CT molecular complexity index is 3420. The van der Waals surface area contributed by atoms with Crippen molar-refractivity contribution in [2.45, 2.75) is 49.5 Å². The molecule has 4 aromatic carbocycles. The first-order chi connectivity index (χ1) is 34.9. The van der Waals surface area contributed by atoms with Crippen LogP contribution < -0.4 is 35.3 Å². The van der Waals surface area contributed by atoms with Crippen molar-refractivity contribution in [3.8, 4) is 11.5 Å². The number of ketones is 2. The van der Waals surface area contributed by atoms with Gasteiger partial charge in [-0.1, -0.05) is 53.8 Å². The van der Waals surface area contributed by atoms with E-state index in [1.807, 2.05) is 0 Å². The molecule has 0 bridgehead atoms. The number of nitrogens with one attached hydrogen (secondary N) is 4. The Balaban J connectivity index is 0.000000380. The quantitative estimate of drug-likeness (QED) is 0.0295. The number of nitrogens with two attached hydrogens (primary N) is 1. The van der Waals surface area contributed by atoms with E-state index in [-0.39, 0.29) is 68.9 Å². The van der Waals surface area contributed by atoms with Crippen LogP contribution in [-0.2, 0) is 37.2 Å². The van der Waals surface area contributed by atoms with Crippen LogP contribution in [0.3, 0.4) is 0 Å². The molecule has 0 aliphatic heterocycles. The van der Waals surface area contributed by atoms with E-state index >= 15 is 0 Å². The van der Waals surface area contributed by atoms with Gasteiger partial charge in [0.25, 0.3) is 20.0 Å². The zero-order valence-corrected chi connectivity index (χ0v) is 43.3. The Labute approximate surface area is 450 Å². The minimum absolute atomic E-state index is 0. The molecule has 0 spiro atoms. The van der Waals surface area contributed by atoms with Gasteiger partial charge in [-0.3, -0.25) is 19.0 Å². The largest absolute Gasteiger partial charge is 0.496 e. The smallest absolute Gasteiger partial charge is 0.417 e. The first-order valence-corrected chi connectivity index (χ1v) is 24.9. The van der Waals surface area contributed by atoms with Crippen molar-refractivity contribution in [3.05, 3.63) is 158 Å². The lowest BCUT2D eigenvalue weighted by molar-refractivity contribution is -0.138. The first-order valence-electron chi connectivity index (χ1n) is 20.4. The van der Waals surface area contributed by atoms with E-state index in [0.717, 1.165) is 48.8 Å². The number of pyridine rings is 2. The topological polar surface area (TPSA) is 255 Å². The number of sulfonamides is 2. The third-order valence-electron chi connectivity index (χ3n) is 9.32. The van der Waals surface area contributed by atoms with E-state index in [1.165, 1.54) is 56.6 Å². The third-order valence-corrected chi connectivity index (χ3v) is 13.1. The minimum atomic E-state index is -4.91. The third kappa shape index (κ3) is 16.4. The van der Waals surface area contributed by atoms with Crippen molar-refractivity contribution in [1.29, 1.82) is 0 Å². The summed E-state index contributed by atoms with van der Waals surface area (Å²) in [5, 5.41) is 3.73. The number of urea groups is 1. The van der Waals surface area contributed by atoms with Crippen LogP contribution in [0.2, 0.25) is 20.1 Å². The summed E-state index contributed by atoms with van der Waals surface area (Å²) in [6, 6.07) is 14.0. The SMILES string of the molecule is C.C=C=O.COc1ccc(N)cc1C(=O)c1ncc(Cl)cc1NS(=O)(=O)c1ccc(Cl)c(C(F)(F)F)c1.COc1ccc(NC(=O)NC(C)C)cc1C(=O)c1ncc(Cl)cc1NS(=O)(=O)c1ccc(Cl)c(C(F)(F)F)c1. The number of nitrogens with zero attached hydrogens (tertiary/aromatic N) is 2. The van der Waals surface area contributed by atoms with Crippen molar-refractivity contribution >= 4 is 113 Å². The zero-order valence-electron chi connectivity index (χ0n) is 38.7. The van der Waals surface area contributed by atoms with Gasteiger partial charge in [-0.15, -0.1) is 0 Å². The average molecular weight is 1180 g/mol. The second-order valence-electron chi connectivity index (χ2n) is 15.0. The van der Waals surface area contributed by atoms with Crippen LogP contribution >= 0.6 is 46.4 Å². The van der Waals surface area contributed by atoms with E-state index in [4.69, 9.17) is 66.4 Å². The summed E-state index contributed by atoms with van der Waals surface area (Å²) >= 11 is 23.0. The highest BCUT2D eigenvalue weighted by Crippen LogP contribution is 2.39. The van der Waals surface area contributed by atoms with Crippen LogP contribution in [0.4, 0.5) is 53.9 Å². The number of hydrogen-bond donors (Lipinski definition) is 5. The van der Waals surface area contributed by atoms with Crippen molar-refractivity contribution in [2.75, 3.05) is 34.7 Å². The van der Waals surface area contributed by atoms with Gasteiger partial charge in [0.05, 0.1) is 77.7 Å². The van der Waals surface area contributed by atoms with Crippen molar-refractivity contribution in [1.82, 2.24) is 15.3 Å². The molecular weight excluding hydrogens is 1140 g/mol. The number of benzene rings is 4. The Hall–Kier alpha value is -7.12. The molecule has 0 saturated heterocycles. The number of alkyl halides is 6. The number of carbonyl (C=O) groups is 3. The molecule has 2 heterocycles. The Morgan fingerprint density at radius 2 is 1.05 bits per heavy atom. The fourth-order valence-corrected chi connectivity index (χ4v) is 9.06. The summed E-state index contributed by atoms with van der Waals surface area (Å²) in [5.41, 5.74) is 1.80. The van der Waals surface area contributed by atoms with E-state index in [1.54, 1.807) is 13.8 Å². The van der Waals surface area contributed by atoms with E-state index in [0.29, 0.717) is 12.1 Å². The molecule has 0 aliphatic carbocycles. The number of hydrogen-bond acceptors (Lipinski definition) is 13. The Kier molecular flexibility index (Phi) is 21.7. The van der Waals surface area contributed by atoms with Crippen LogP contribution in [0.1, 0.15) is 64.5 Å². The van der Waals surface area contributed by atoms with Crippen LogP contribution in [0, 0.1) is 0 Å². The van der Waals surface area contributed by atoms with Gasteiger partial charge in [0.1, 0.15) is 28.8 Å². The number of nitrogen functional groups attached to an aromatic ring is 1. The minimum Gasteiger partial charge on any atom is -0.496 e. The summed E-state index contributed by atoms with van der Waals surface area (Å²) in [4.78, 5) is 53.6.